The number of nitrogens with zero attached hydrogens (tertiary/aromatic N) is 2. The summed E-state index contributed by atoms with van der Waals surface area (Å²) in [6.07, 6.45) is 5.70. The molecule has 32 heavy (non-hydrogen) atoms. The molecule has 1 amide bonds. The lowest BCUT2D eigenvalue weighted by Gasteiger charge is -2.42. The predicted octanol–water partition coefficient (Wildman–Crippen LogP) is 3.84. The van der Waals surface area contributed by atoms with E-state index in [0.29, 0.717) is 37.2 Å². The minimum Gasteiger partial charge on any atom is -0.507 e. The van der Waals surface area contributed by atoms with Crippen molar-refractivity contribution in [1.82, 2.24) is 9.80 Å². The van der Waals surface area contributed by atoms with Crippen LogP contribution in [0.1, 0.15) is 62.6 Å². The van der Waals surface area contributed by atoms with Gasteiger partial charge in [0.25, 0.3) is 0 Å². The molecule has 1 saturated carbocycles. The van der Waals surface area contributed by atoms with Gasteiger partial charge in [-0.05, 0) is 75.5 Å². The van der Waals surface area contributed by atoms with Crippen LogP contribution in [-0.2, 0) is 20.7 Å². The lowest BCUT2D eigenvalue weighted by molar-refractivity contribution is -0.144. The van der Waals surface area contributed by atoms with Gasteiger partial charge in [-0.2, -0.15) is 0 Å². The van der Waals surface area contributed by atoms with Gasteiger partial charge >= 0.3 is 5.97 Å². The van der Waals surface area contributed by atoms with Crippen LogP contribution in [0, 0.1) is 25.7 Å². The first-order valence-corrected chi connectivity index (χ1v) is 12.3. The van der Waals surface area contributed by atoms with Crippen molar-refractivity contribution in [2.75, 3.05) is 32.8 Å². The van der Waals surface area contributed by atoms with E-state index in [9.17, 15) is 14.7 Å². The van der Waals surface area contributed by atoms with Crippen molar-refractivity contribution in [3.8, 4) is 5.75 Å². The number of carbonyl (C=O) groups is 2. The Kier molecular flexibility index (Phi) is 8.57. The molecule has 1 N–H and O–H groups in total. The van der Waals surface area contributed by atoms with E-state index in [1.165, 1.54) is 0 Å². The maximum Gasteiger partial charge on any atom is 0.306 e. The third kappa shape index (κ3) is 6.25. The van der Waals surface area contributed by atoms with Gasteiger partial charge < -0.3 is 14.7 Å². The van der Waals surface area contributed by atoms with Gasteiger partial charge in [0.1, 0.15) is 5.75 Å². The lowest BCUT2D eigenvalue weighted by Crippen LogP contribution is -2.53. The highest BCUT2D eigenvalue weighted by Gasteiger charge is 2.31. The summed E-state index contributed by atoms with van der Waals surface area (Å²) < 4.78 is 5.10. The zero-order chi connectivity index (χ0) is 23.3. The molecule has 1 saturated heterocycles. The van der Waals surface area contributed by atoms with Crippen LogP contribution in [0.25, 0.3) is 0 Å². The number of ether oxygens (including phenoxy) is 1. The maximum absolute atomic E-state index is 13.0. The van der Waals surface area contributed by atoms with Crippen molar-refractivity contribution in [1.29, 1.82) is 0 Å². The van der Waals surface area contributed by atoms with E-state index in [-0.39, 0.29) is 17.8 Å². The number of hydrogen-bond acceptors (Lipinski definition) is 5. The molecule has 1 aliphatic heterocycles. The highest BCUT2D eigenvalue weighted by Crippen LogP contribution is 2.31. The van der Waals surface area contributed by atoms with Crippen LogP contribution in [-0.4, -0.2) is 65.6 Å². The first-order valence-electron chi connectivity index (χ1n) is 12.3. The zero-order valence-electron chi connectivity index (χ0n) is 20.2. The van der Waals surface area contributed by atoms with Gasteiger partial charge in [0.15, 0.2) is 0 Å². The molecule has 0 unspecified atom stereocenters. The Morgan fingerprint density at radius 2 is 1.66 bits per heavy atom. The number of benzene rings is 1. The summed E-state index contributed by atoms with van der Waals surface area (Å²) in [5.74, 6) is 0.907. The number of phenols is 1. The van der Waals surface area contributed by atoms with E-state index in [1.807, 2.05) is 44.7 Å². The first-order chi connectivity index (χ1) is 15.3. The molecule has 0 aromatic heterocycles. The normalized spacial score (nSPS) is 23.1. The molecule has 0 radical (unpaired) electrons. The molecule has 6 nitrogen and oxygen atoms in total. The Bertz CT molecular complexity index is 770. The van der Waals surface area contributed by atoms with E-state index in [2.05, 4.69) is 4.90 Å². The van der Waals surface area contributed by atoms with Crippen LogP contribution in [0.3, 0.4) is 0 Å². The van der Waals surface area contributed by atoms with E-state index in [4.69, 9.17) is 4.74 Å². The topological polar surface area (TPSA) is 70.1 Å². The van der Waals surface area contributed by atoms with E-state index in [0.717, 1.165) is 68.6 Å². The fourth-order valence-corrected chi connectivity index (χ4v) is 5.39. The van der Waals surface area contributed by atoms with Crippen molar-refractivity contribution in [3.63, 3.8) is 0 Å². The third-order valence-electron chi connectivity index (χ3n) is 7.23. The van der Waals surface area contributed by atoms with E-state index in [1.54, 1.807) is 0 Å². The number of aryl methyl sites for hydroxylation is 2. The van der Waals surface area contributed by atoms with Crippen molar-refractivity contribution >= 4 is 11.9 Å². The standard InChI is InChI=1S/C26H40N2O4/c1-5-32-24(29)17-21-6-8-23(9-7-21)27-10-12-28(13-11-27)26(31)20(4)16-22-14-18(2)25(30)19(3)15-22/h14-15,20-21,23,30H,5-13,16-17H2,1-4H3/t20-,21?,23?/m1/s1. The highest BCUT2D eigenvalue weighted by atomic mass is 16.5. The third-order valence-corrected chi connectivity index (χ3v) is 7.23. The van der Waals surface area contributed by atoms with Crippen LogP contribution in [0.15, 0.2) is 12.1 Å². The van der Waals surface area contributed by atoms with Gasteiger partial charge in [-0.25, -0.2) is 0 Å². The van der Waals surface area contributed by atoms with Gasteiger partial charge in [-0.15, -0.1) is 0 Å². The van der Waals surface area contributed by atoms with Crippen LogP contribution in [0.2, 0.25) is 0 Å². The molecule has 1 heterocycles. The van der Waals surface area contributed by atoms with Crippen molar-refractivity contribution < 1.29 is 19.4 Å². The average molecular weight is 445 g/mol. The van der Waals surface area contributed by atoms with Gasteiger partial charge in [-0.1, -0.05) is 19.1 Å². The Morgan fingerprint density at radius 1 is 1.06 bits per heavy atom. The van der Waals surface area contributed by atoms with Crippen molar-refractivity contribution in [2.24, 2.45) is 11.8 Å². The second kappa shape index (κ2) is 11.2. The number of phenolic OH excluding ortho intramolecular Hbond substituents is 1. The zero-order valence-corrected chi connectivity index (χ0v) is 20.2. The second-order valence-corrected chi connectivity index (χ2v) is 9.73. The van der Waals surface area contributed by atoms with Gasteiger partial charge in [-0.3, -0.25) is 14.5 Å². The second-order valence-electron chi connectivity index (χ2n) is 9.73. The van der Waals surface area contributed by atoms with Gasteiger partial charge in [0.2, 0.25) is 5.91 Å². The minimum absolute atomic E-state index is 0.0604. The van der Waals surface area contributed by atoms with Crippen LogP contribution < -0.4 is 0 Å². The summed E-state index contributed by atoms with van der Waals surface area (Å²) in [7, 11) is 0. The monoisotopic (exact) mass is 444 g/mol. The molecule has 0 spiro atoms. The largest absolute Gasteiger partial charge is 0.507 e. The van der Waals surface area contributed by atoms with Crippen LogP contribution in [0.4, 0.5) is 0 Å². The summed E-state index contributed by atoms with van der Waals surface area (Å²) in [4.78, 5) is 29.3. The number of piperazine rings is 1. The summed E-state index contributed by atoms with van der Waals surface area (Å²) in [6, 6.07) is 4.55. The van der Waals surface area contributed by atoms with Crippen LogP contribution in [0.5, 0.6) is 5.75 Å². The minimum atomic E-state index is -0.0665. The molecule has 1 aliphatic carbocycles. The Hall–Kier alpha value is -2.08. The molecule has 1 atom stereocenters. The molecule has 2 aliphatic rings. The average Bonchev–Trinajstić information content (AvgIpc) is 2.77. The summed E-state index contributed by atoms with van der Waals surface area (Å²) in [5, 5.41) is 9.98. The number of amides is 1. The summed E-state index contributed by atoms with van der Waals surface area (Å²) in [5.41, 5.74) is 2.84. The van der Waals surface area contributed by atoms with Gasteiger partial charge in [0, 0.05) is 44.6 Å². The van der Waals surface area contributed by atoms with Crippen molar-refractivity contribution in [2.45, 2.75) is 72.3 Å². The Balaban J connectivity index is 1.43. The van der Waals surface area contributed by atoms with Crippen LogP contribution >= 0.6 is 0 Å². The molecule has 1 aromatic carbocycles. The van der Waals surface area contributed by atoms with E-state index >= 15 is 0 Å². The fraction of sp³-hybridized carbons (Fsp3) is 0.692. The van der Waals surface area contributed by atoms with E-state index < -0.39 is 0 Å². The molecule has 3 rings (SSSR count). The first kappa shape index (κ1) is 24.6. The SMILES string of the molecule is CCOC(=O)CC1CCC(N2CCN(C(=O)[C@H](C)Cc3cc(C)c(O)c(C)c3)CC2)CC1. The lowest BCUT2D eigenvalue weighted by atomic mass is 9.83. The quantitative estimate of drug-likeness (QED) is 0.647. The molecule has 1 aromatic rings. The smallest absolute Gasteiger partial charge is 0.306 e. The number of rotatable bonds is 7. The highest BCUT2D eigenvalue weighted by molar-refractivity contribution is 5.79. The molecule has 2 fully saturated rings. The summed E-state index contributed by atoms with van der Waals surface area (Å²) in [6.45, 7) is 11.6. The molecule has 0 bridgehead atoms. The predicted molar refractivity (Wildman–Crippen MR) is 126 cm³/mol. The number of carbonyl (C=O) groups excluding carboxylic acids is 2. The maximum atomic E-state index is 13.0. The van der Waals surface area contributed by atoms with Crippen molar-refractivity contribution in [3.05, 3.63) is 28.8 Å². The Labute approximate surface area is 192 Å². The molecular weight excluding hydrogens is 404 g/mol. The number of esters is 1. The molecule has 178 valence electrons. The molecular formula is C26H40N2O4. The number of hydrogen-bond donors (Lipinski definition) is 1. The Morgan fingerprint density at radius 3 is 2.22 bits per heavy atom. The summed E-state index contributed by atoms with van der Waals surface area (Å²) >= 11 is 0. The molecule has 6 heteroatoms. The number of aromatic hydroxyl groups is 1. The fourth-order valence-electron chi connectivity index (χ4n) is 5.39. The van der Waals surface area contributed by atoms with Gasteiger partial charge in [0.05, 0.1) is 6.61 Å².